The van der Waals surface area contributed by atoms with Crippen LogP contribution < -0.4 is 5.32 Å². The van der Waals surface area contributed by atoms with E-state index in [-0.39, 0.29) is 12.0 Å². The molecule has 0 aromatic carbocycles. The van der Waals surface area contributed by atoms with Crippen molar-refractivity contribution in [3.05, 3.63) is 0 Å². The van der Waals surface area contributed by atoms with Crippen LogP contribution in [0, 0.1) is 11.3 Å². The summed E-state index contributed by atoms with van der Waals surface area (Å²) in [4.78, 5) is 0. The first-order valence-corrected chi connectivity index (χ1v) is 5.89. The lowest BCUT2D eigenvalue weighted by Gasteiger charge is -2.33. The molecule has 0 aromatic rings. The first kappa shape index (κ1) is 12.0. The summed E-state index contributed by atoms with van der Waals surface area (Å²) in [5, 5.41) is 12.8. The highest BCUT2D eigenvalue weighted by atomic mass is 16.3. The van der Waals surface area contributed by atoms with Crippen LogP contribution in [0.15, 0.2) is 0 Å². The maximum atomic E-state index is 9.15. The average Bonchev–Trinajstić information content (AvgIpc) is 2.17. The van der Waals surface area contributed by atoms with Gasteiger partial charge in [-0.05, 0) is 18.8 Å². The molecular weight excluding hydrogens is 174 g/mol. The Morgan fingerprint density at radius 2 is 1.93 bits per heavy atom. The standard InChI is InChI=1S/C12H25NO/c1-10-6-4-5-7-11(10)13-8-12(2,3)9-14/h10-11,13-14H,4-9H2,1-3H3. The van der Waals surface area contributed by atoms with Gasteiger partial charge in [0.2, 0.25) is 0 Å². The van der Waals surface area contributed by atoms with E-state index in [4.69, 9.17) is 5.11 Å². The number of rotatable bonds is 4. The molecule has 1 saturated carbocycles. The summed E-state index contributed by atoms with van der Waals surface area (Å²) < 4.78 is 0. The van der Waals surface area contributed by atoms with Crippen molar-refractivity contribution in [1.82, 2.24) is 5.32 Å². The molecular formula is C12H25NO. The molecule has 14 heavy (non-hydrogen) atoms. The molecule has 1 aliphatic rings. The summed E-state index contributed by atoms with van der Waals surface area (Å²) in [6.07, 6.45) is 5.42. The summed E-state index contributed by atoms with van der Waals surface area (Å²) in [5.41, 5.74) is 0.0250. The van der Waals surface area contributed by atoms with Crippen LogP contribution in [0.25, 0.3) is 0 Å². The Morgan fingerprint density at radius 3 is 2.50 bits per heavy atom. The van der Waals surface area contributed by atoms with Crippen LogP contribution in [0.2, 0.25) is 0 Å². The van der Waals surface area contributed by atoms with E-state index in [1.54, 1.807) is 0 Å². The van der Waals surface area contributed by atoms with Gasteiger partial charge in [-0.2, -0.15) is 0 Å². The second kappa shape index (κ2) is 5.13. The lowest BCUT2D eigenvalue weighted by Crippen LogP contribution is -2.43. The normalized spacial score (nSPS) is 29.1. The Morgan fingerprint density at radius 1 is 1.29 bits per heavy atom. The highest BCUT2D eigenvalue weighted by Crippen LogP contribution is 2.24. The van der Waals surface area contributed by atoms with Crippen molar-refractivity contribution in [1.29, 1.82) is 0 Å². The van der Waals surface area contributed by atoms with Gasteiger partial charge in [0.05, 0.1) is 0 Å². The maximum absolute atomic E-state index is 9.15. The first-order chi connectivity index (χ1) is 6.55. The fourth-order valence-corrected chi connectivity index (χ4v) is 2.08. The SMILES string of the molecule is CC1CCCCC1NCC(C)(C)CO. The number of hydrogen-bond acceptors (Lipinski definition) is 2. The Balaban J connectivity index is 2.29. The second-order valence-electron chi connectivity index (χ2n) is 5.57. The summed E-state index contributed by atoms with van der Waals surface area (Å²) >= 11 is 0. The van der Waals surface area contributed by atoms with E-state index >= 15 is 0 Å². The van der Waals surface area contributed by atoms with Gasteiger partial charge < -0.3 is 10.4 Å². The zero-order valence-electron chi connectivity index (χ0n) is 9.84. The van der Waals surface area contributed by atoms with Gasteiger partial charge in [0.15, 0.2) is 0 Å². The molecule has 2 N–H and O–H groups in total. The molecule has 0 amide bonds. The van der Waals surface area contributed by atoms with Gasteiger partial charge in [-0.3, -0.25) is 0 Å². The first-order valence-electron chi connectivity index (χ1n) is 5.89. The van der Waals surface area contributed by atoms with Crippen LogP contribution in [0.5, 0.6) is 0 Å². The smallest absolute Gasteiger partial charge is 0.0494 e. The van der Waals surface area contributed by atoms with E-state index in [1.807, 2.05) is 0 Å². The molecule has 2 heteroatoms. The van der Waals surface area contributed by atoms with Crippen LogP contribution in [-0.2, 0) is 0 Å². The fraction of sp³-hybridized carbons (Fsp3) is 1.00. The van der Waals surface area contributed by atoms with E-state index in [0.717, 1.165) is 12.5 Å². The van der Waals surface area contributed by atoms with E-state index in [0.29, 0.717) is 6.04 Å². The van der Waals surface area contributed by atoms with Crippen molar-refractivity contribution in [2.24, 2.45) is 11.3 Å². The van der Waals surface area contributed by atoms with E-state index in [9.17, 15) is 0 Å². The topological polar surface area (TPSA) is 32.3 Å². The van der Waals surface area contributed by atoms with E-state index < -0.39 is 0 Å². The second-order valence-corrected chi connectivity index (χ2v) is 5.57. The molecule has 1 fully saturated rings. The summed E-state index contributed by atoms with van der Waals surface area (Å²) in [7, 11) is 0. The van der Waals surface area contributed by atoms with Crippen molar-refractivity contribution in [2.45, 2.75) is 52.5 Å². The molecule has 0 heterocycles. The monoisotopic (exact) mass is 199 g/mol. The van der Waals surface area contributed by atoms with Gasteiger partial charge in [-0.1, -0.05) is 33.6 Å². The molecule has 0 aromatic heterocycles. The molecule has 2 nitrogen and oxygen atoms in total. The molecule has 1 aliphatic carbocycles. The molecule has 2 unspecified atom stereocenters. The number of aliphatic hydroxyl groups is 1. The highest BCUT2D eigenvalue weighted by Gasteiger charge is 2.23. The van der Waals surface area contributed by atoms with Crippen molar-refractivity contribution in [3.8, 4) is 0 Å². The van der Waals surface area contributed by atoms with Crippen molar-refractivity contribution >= 4 is 0 Å². The lowest BCUT2D eigenvalue weighted by atomic mass is 9.85. The predicted octanol–water partition coefficient (Wildman–Crippen LogP) is 2.17. The van der Waals surface area contributed by atoms with E-state index in [2.05, 4.69) is 26.1 Å². The van der Waals surface area contributed by atoms with Gasteiger partial charge >= 0.3 is 0 Å². The van der Waals surface area contributed by atoms with Gasteiger partial charge in [-0.25, -0.2) is 0 Å². The minimum atomic E-state index is 0.0250. The number of aliphatic hydroxyl groups excluding tert-OH is 1. The summed E-state index contributed by atoms with van der Waals surface area (Å²) in [6.45, 7) is 7.74. The Hall–Kier alpha value is -0.0800. The van der Waals surface area contributed by atoms with Gasteiger partial charge in [0, 0.05) is 24.6 Å². The molecule has 1 rings (SSSR count). The molecule has 2 atom stereocenters. The average molecular weight is 199 g/mol. The van der Waals surface area contributed by atoms with Crippen LogP contribution in [-0.4, -0.2) is 24.3 Å². The van der Waals surface area contributed by atoms with E-state index in [1.165, 1.54) is 25.7 Å². The minimum Gasteiger partial charge on any atom is -0.396 e. The summed E-state index contributed by atoms with van der Waals surface area (Å²) in [5.74, 6) is 0.804. The summed E-state index contributed by atoms with van der Waals surface area (Å²) in [6, 6.07) is 0.676. The molecule has 0 radical (unpaired) electrons. The Bertz CT molecular complexity index is 168. The molecule has 0 spiro atoms. The van der Waals surface area contributed by atoms with Crippen LogP contribution in [0.4, 0.5) is 0 Å². The third-order valence-electron chi connectivity index (χ3n) is 3.38. The molecule has 0 saturated heterocycles. The van der Waals surface area contributed by atoms with Crippen molar-refractivity contribution in [3.63, 3.8) is 0 Å². The third kappa shape index (κ3) is 3.58. The third-order valence-corrected chi connectivity index (χ3v) is 3.38. The quantitative estimate of drug-likeness (QED) is 0.727. The van der Waals surface area contributed by atoms with Crippen LogP contribution in [0.1, 0.15) is 46.5 Å². The zero-order chi connectivity index (χ0) is 10.6. The fourth-order valence-electron chi connectivity index (χ4n) is 2.08. The molecule has 84 valence electrons. The van der Waals surface area contributed by atoms with Gasteiger partial charge in [0.1, 0.15) is 0 Å². The zero-order valence-corrected chi connectivity index (χ0v) is 9.84. The highest BCUT2D eigenvalue weighted by molar-refractivity contribution is 4.81. The lowest BCUT2D eigenvalue weighted by molar-refractivity contribution is 0.144. The van der Waals surface area contributed by atoms with Crippen molar-refractivity contribution < 1.29 is 5.11 Å². The molecule has 0 bridgehead atoms. The Labute approximate surface area is 88.1 Å². The minimum absolute atomic E-state index is 0.0250. The van der Waals surface area contributed by atoms with Crippen LogP contribution in [0.3, 0.4) is 0 Å². The Kier molecular flexibility index (Phi) is 4.39. The number of nitrogens with one attached hydrogen (secondary N) is 1. The van der Waals surface area contributed by atoms with Crippen molar-refractivity contribution in [2.75, 3.05) is 13.2 Å². The largest absolute Gasteiger partial charge is 0.396 e. The van der Waals surface area contributed by atoms with Gasteiger partial charge in [0.25, 0.3) is 0 Å². The van der Waals surface area contributed by atoms with Crippen LogP contribution >= 0.6 is 0 Å². The predicted molar refractivity (Wildman–Crippen MR) is 60.3 cm³/mol. The number of hydrogen-bond donors (Lipinski definition) is 2. The van der Waals surface area contributed by atoms with Gasteiger partial charge in [-0.15, -0.1) is 0 Å². The molecule has 0 aliphatic heterocycles. The maximum Gasteiger partial charge on any atom is 0.0494 e.